The standard InChI is InChI=1S/C22H26FN3O2/c1-2-25(15-17-8-6-10-19(23)14-17)21(27)18-9-7-13-26(16-18)22(28)24-20-11-4-3-5-12-20/h3-6,8,10-12,14,18H,2,7,9,13,15-16H2,1H3,(H,24,28). The Balaban J connectivity index is 1.61. The first-order valence-electron chi connectivity index (χ1n) is 9.71. The Kier molecular flexibility index (Phi) is 6.63. The molecule has 1 unspecified atom stereocenters. The second kappa shape index (κ2) is 9.35. The summed E-state index contributed by atoms with van der Waals surface area (Å²) in [6.07, 6.45) is 1.55. The molecule has 0 bridgehead atoms. The molecule has 28 heavy (non-hydrogen) atoms. The number of halogens is 1. The Morgan fingerprint density at radius 3 is 2.68 bits per heavy atom. The number of likely N-dealkylation sites (tertiary alicyclic amines) is 1. The van der Waals surface area contributed by atoms with E-state index in [2.05, 4.69) is 5.32 Å². The van der Waals surface area contributed by atoms with E-state index in [1.54, 1.807) is 15.9 Å². The van der Waals surface area contributed by atoms with E-state index >= 15 is 0 Å². The minimum atomic E-state index is -0.303. The molecule has 1 saturated heterocycles. The zero-order valence-corrected chi connectivity index (χ0v) is 16.1. The first kappa shape index (κ1) is 19.9. The summed E-state index contributed by atoms with van der Waals surface area (Å²) in [6, 6.07) is 15.4. The lowest BCUT2D eigenvalue weighted by Crippen LogP contribution is -2.47. The lowest BCUT2D eigenvalue weighted by atomic mass is 9.96. The fraction of sp³-hybridized carbons (Fsp3) is 0.364. The van der Waals surface area contributed by atoms with Crippen LogP contribution in [0.4, 0.5) is 14.9 Å². The lowest BCUT2D eigenvalue weighted by molar-refractivity contribution is -0.137. The van der Waals surface area contributed by atoms with Crippen LogP contribution in [0.5, 0.6) is 0 Å². The van der Waals surface area contributed by atoms with Crippen molar-refractivity contribution in [3.63, 3.8) is 0 Å². The van der Waals surface area contributed by atoms with Crippen molar-refractivity contribution >= 4 is 17.6 Å². The molecule has 1 heterocycles. The molecule has 0 radical (unpaired) electrons. The quantitative estimate of drug-likeness (QED) is 0.844. The van der Waals surface area contributed by atoms with Crippen LogP contribution in [-0.4, -0.2) is 41.4 Å². The van der Waals surface area contributed by atoms with Gasteiger partial charge in [0.15, 0.2) is 0 Å². The number of urea groups is 1. The van der Waals surface area contributed by atoms with E-state index in [1.165, 1.54) is 12.1 Å². The van der Waals surface area contributed by atoms with Gasteiger partial charge >= 0.3 is 6.03 Å². The van der Waals surface area contributed by atoms with Crippen LogP contribution in [0.25, 0.3) is 0 Å². The predicted molar refractivity (Wildman–Crippen MR) is 107 cm³/mol. The molecule has 1 fully saturated rings. The van der Waals surface area contributed by atoms with Gasteiger partial charge in [-0.1, -0.05) is 30.3 Å². The van der Waals surface area contributed by atoms with Crippen molar-refractivity contribution in [1.82, 2.24) is 9.80 Å². The highest BCUT2D eigenvalue weighted by molar-refractivity contribution is 5.90. The van der Waals surface area contributed by atoms with Crippen molar-refractivity contribution in [2.24, 2.45) is 5.92 Å². The molecule has 0 saturated carbocycles. The van der Waals surface area contributed by atoms with Crippen LogP contribution in [0.1, 0.15) is 25.3 Å². The highest BCUT2D eigenvalue weighted by Gasteiger charge is 2.31. The summed E-state index contributed by atoms with van der Waals surface area (Å²) in [5.41, 5.74) is 1.51. The summed E-state index contributed by atoms with van der Waals surface area (Å²) in [5, 5.41) is 2.88. The fourth-order valence-corrected chi connectivity index (χ4v) is 3.55. The SMILES string of the molecule is CCN(Cc1cccc(F)c1)C(=O)C1CCCN(C(=O)Nc2ccccc2)C1. The minimum absolute atomic E-state index is 0.0176. The van der Waals surface area contributed by atoms with Crippen molar-refractivity contribution < 1.29 is 14.0 Å². The predicted octanol–water partition coefficient (Wildman–Crippen LogP) is 4.12. The van der Waals surface area contributed by atoms with Gasteiger partial charge in [0.2, 0.25) is 5.91 Å². The van der Waals surface area contributed by atoms with E-state index in [-0.39, 0.29) is 23.7 Å². The number of carbonyl (C=O) groups excluding carboxylic acids is 2. The van der Waals surface area contributed by atoms with Gasteiger partial charge in [-0.25, -0.2) is 9.18 Å². The number of nitrogens with zero attached hydrogens (tertiary/aromatic N) is 2. The topological polar surface area (TPSA) is 52.7 Å². The number of para-hydroxylation sites is 1. The number of nitrogens with one attached hydrogen (secondary N) is 1. The van der Waals surface area contributed by atoms with E-state index in [4.69, 9.17) is 0 Å². The molecule has 6 heteroatoms. The summed E-state index contributed by atoms with van der Waals surface area (Å²) in [7, 11) is 0. The van der Waals surface area contributed by atoms with Crippen LogP contribution >= 0.6 is 0 Å². The molecule has 3 rings (SSSR count). The van der Waals surface area contributed by atoms with Crippen LogP contribution in [0.15, 0.2) is 54.6 Å². The average molecular weight is 383 g/mol. The Morgan fingerprint density at radius 1 is 1.18 bits per heavy atom. The normalized spacial score (nSPS) is 16.5. The van der Waals surface area contributed by atoms with Crippen LogP contribution < -0.4 is 5.32 Å². The summed E-state index contributed by atoms with van der Waals surface area (Å²) in [6.45, 7) is 3.87. The smallest absolute Gasteiger partial charge is 0.321 e. The third-order valence-corrected chi connectivity index (χ3v) is 5.04. The molecule has 0 aliphatic carbocycles. The molecule has 2 aromatic rings. The van der Waals surface area contributed by atoms with Crippen LogP contribution in [0, 0.1) is 11.7 Å². The van der Waals surface area contributed by atoms with Gasteiger partial charge in [-0.2, -0.15) is 0 Å². The number of hydrogen-bond donors (Lipinski definition) is 1. The molecule has 3 amide bonds. The van der Waals surface area contributed by atoms with E-state index in [9.17, 15) is 14.0 Å². The summed E-state index contributed by atoms with van der Waals surface area (Å²) >= 11 is 0. The maximum absolute atomic E-state index is 13.4. The van der Waals surface area contributed by atoms with Crippen molar-refractivity contribution in [2.45, 2.75) is 26.3 Å². The van der Waals surface area contributed by atoms with E-state index in [1.807, 2.05) is 43.3 Å². The number of benzene rings is 2. The van der Waals surface area contributed by atoms with Gasteiger partial charge in [0, 0.05) is 31.9 Å². The van der Waals surface area contributed by atoms with Gasteiger partial charge in [-0.3, -0.25) is 4.79 Å². The van der Waals surface area contributed by atoms with Crippen LogP contribution in [0.3, 0.4) is 0 Å². The summed E-state index contributed by atoms with van der Waals surface area (Å²) < 4.78 is 13.4. The number of rotatable bonds is 5. The number of anilines is 1. The van der Waals surface area contributed by atoms with Gasteiger partial charge in [0.05, 0.1) is 5.92 Å². The Bertz CT molecular complexity index is 812. The number of amides is 3. The molecule has 1 atom stereocenters. The van der Waals surface area contributed by atoms with Gasteiger partial charge in [-0.15, -0.1) is 0 Å². The molecule has 5 nitrogen and oxygen atoms in total. The third-order valence-electron chi connectivity index (χ3n) is 5.04. The van der Waals surface area contributed by atoms with Gasteiger partial charge in [-0.05, 0) is 49.6 Å². The van der Waals surface area contributed by atoms with E-state index in [0.29, 0.717) is 26.2 Å². The van der Waals surface area contributed by atoms with Crippen LogP contribution in [-0.2, 0) is 11.3 Å². The number of carbonyl (C=O) groups is 2. The molecular formula is C22H26FN3O2. The largest absolute Gasteiger partial charge is 0.338 e. The van der Waals surface area contributed by atoms with Gasteiger partial charge < -0.3 is 15.1 Å². The van der Waals surface area contributed by atoms with E-state index < -0.39 is 0 Å². The monoisotopic (exact) mass is 383 g/mol. The highest BCUT2D eigenvalue weighted by Crippen LogP contribution is 2.21. The first-order valence-corrected chi connectivity index (χ1v) is 9.71. The summed E-state index contributed by atoms with van der Waals surface area (Å²) in [4.78, 5) is 29.0. The fourth-order valence-electron chi connectivity index (χ4n) is 3.55. The molecule has 148 valence electrons. The highest BCUT2D eigenvalue weighted by atomic mass is 19.1. The van der Waals surface area contributed by atoms with Crippen molar-refractivity contribution in [3.05, 3.63) is 66.0 Å². The van der Waals surface area contributed by atoms with Crippen LogP contribution in [0.2, 0.25) is 0 Å². The lowest BCUT2D eigenvalue weighted by Gasteiger charge is -2.34. The van der Waals surface area contributed by atoms with Gasteiger partial charge in [0.1, 0.15) is 5.82 Å². The zero-order chi connectivity index (χ0) is 19.9. The number of hydrogen-bond acceptors (Lipinski definition) is 2. The first-order chi connectivity index (χ1) is 13.6. The second-order valence-electron chi connectivity index (χ2n) is 7.06. The Morgan fingerprint density at radius 2 is 1.96 bits per heavy atom. The molecule has 1 aliphatic rings. The molecule has 2 aromatic carbocycles. The number of piperidine rings is 1. The average Bonchev–Trinajstić information content (AvgIpc) is 2.72. The minimum Gasteiger partial charge on any atom is -0.338 e. The summed E-state index contributed by atoms with van der Waals surface area (Å²) in [5.74, 6) is -0.518. The molecule has 1 N–H and O–H groups in total. The maximum atomic E-state index is 13.4. The molecule has 0 aromatic heterocycles. The molecule has 0 spiro atoms. The molecular weight excluding hydrogens is 357 g/mol. The van der Waals surface area contributed by atoms with Crippen molar-refractivity contribution in [3.8, 4) is 0 Å². The Labute approximate surface area is 165 Å². The van der Waals surface area contributed by atoms with Crippen molar-refractivity contribution in [2.75, 3.05) is 25.0 Å². The zero-order valence-electron chi connectivity index (χ0n) is 16.1. The van der Waals surface area contributed by atoms with E-state index in [0.717, 1.165) is 24.1 Å². The van der Waals surface area contributed by atoms with Gasteiger partial charge in [0.25, 0.3) is 0 Å². The molecule has 1 aliphatic heterocycles. The second-order valence-corrected chi connectivity index (χ2v) is 7.06. The maximum Gasteiger partial charge on any atom is 0.321 e. The Hall–Kier alpha value is -2.89. The van der Waals surface area contributed by atoms with Crippen molar-refractivity contribution in [1.29, 1.82) is 0 Å². The third kappa shape index (κ3) is 5.09.